The summed E-state index contributed by atoms with van der Waals surface area (Å²) in [5.74, 6) is -1.32. The highest BCUT2D eigenvalue weighted by atomic mass is 35.5. The second kappa shape index (κ2) is 4.10. The van der Waals surface area contributed by atoms with Crippen LogP contribution in [-0.4, -0.2) is 35.3 Å². The zero-order valence-corrected chi connectivity index (χ0v) is 8.20. The molecule has 76 valence electrons. The van der Waals surface area contributed by atoms with Crippen LogP contribution in [0, 0.1) is 0 Å². The number of hydrogen-bond acceptors (Lipinski definition) is 5. The minimum absolute atomic E-state index is 0.00935. The fourth-order valence-corrected chi connectivity index (χ4v) is 1.03. The first-order valence-corrected chi connectivity index (χ1v) is 3.86. The van der Waals surface area contributed by atoms with Crippen LogP contribution in [0.2, 0.25) is 5.28 Å². The molecule has 1 heterocycles. The van der Waals surface area contributed by atoms with E-state index in [2.05, 4.69) is 9.97 Å². The van der Waals surface area contributed by atoms with Crippen LogP contribution in [0.15, 0.2) is 0 Å². The lowest BCUT2D eigenvalue weighted by Gasteiger charge is -2.07. The number of hydrogen-bond donors (Lipinski definition) is 1. The number of carbonyl (C=O) groups is 1. The van der Waals surface area contributed by atoms with Crippen molar-refractivity contribution in [2.75, 3.05) is 14.2 Å². The van der Waals surface area contributed by atoms with Gasteiger partial charge in [-0.2, -0.15) is 4.98 Å². The van der Waals surface area contributed by atoms with E-state index in [4.69, 9.17) is 26.2 Å². The molecule has 14 heavy (non-hydrogen) atoms. The van der Waals surface area contributed by atoms with E-state index in [1.807, 2.05) is 0 Å². The van der Waals surface area contributed by atoms with Gasteiger partial charge in [-0.1, -0.05) is 0 Å². The number of aromatic carboxylic acids is 1. The lowest BCUT2D eigenvalue weighted by molar-refractivity contribution is 0.0685. The zero-order valence-electron chi connectivity index (χ0n) is 7.44. The van der Waals surface area contributed by atoms with Crippen LogP contribution in [0.25, 0.3) is 0 Å². The summed E-state index contributed by atoms with van der Waals surface area (Å²) in [5, 5.41) is 8.55. The van der Waals surface area contributed by atoms with E-state index >= 15 is 0 Å². The van der Waals surface area contributed by atoms with E-state index in [-0.39, 0.29) is 22.6 Å². The molecule has 7 heteroatoms. The Morgan fingerprint density at radius 2 is 2.00 bits per heavy atom. The van der Waals surface area contributed by atoms with Crippen LogP contribution < -0.4 is 9.47 Å². The fourth-order valence-electron chi connectivity index (χ4n) is 0.871. The van der Waals surface area contributed by atoms with Crippen LogP contribution in [-0.2, 0) is 0 Å². The molecule has 1 rings (SSSR count). The summed E-state index contributed by atoms with van der Waals surface area (Å²) in [4.78, 5) is 17.9. The molecule has 0 bridgehead atoms. The molecule has 0 aliphatic carbocycles. The summed E-state index contributed by atoms with van der Waals surface area (Å²) in [7, 11) is 2.62. The van der Waals surface area contributed by atoms with E-state index in [0.717, 1.165) is 0 Å². The number of halogens is 1. The predicted octanol–water partition coefficient (Wildman–Crippen LogP) is 0.845. The second-order valence-electron chi connectivity index (χ2n) is 2.19. The van der Waals surface area contributed by atoms with Gasteiger partial charge >= 0.3 is 5.97 Å². The highest BCUT2D eigenvalue weighted by Gasteiger charge is 2.20. The standard InChI is InChI=1S/C7H7ClN2O4/c1-13-4-3(6(11)12)9-7(8)10-5(4)14-2/h1-2H3,(H,11,12). The largest absolute Gasteiger partial charge is 0.489 e. The van der Waals surface area contributed by atoms with Crippen molar-refractivity contribution >= 4 is 17.6 Å². The van der Waals surface area contributed by atoms with Crippen molar-refractivity contribution in [1.29, 1.82) is 0 Å². The number of methoxy groups -OCH3 is 2. The van der Waals surface area contributed by atoms with E-state index in [9.17, 15) is 4.79 Å². The number of aromatic nitrogens is 2. The highest BCUT2D eigenvalue weighted by molar-refractivity contribution is 6.28. The van der Waals surface area contributed by atoms with Crippen LogP contribution in [0.1, 0.15) is 10.5 Å². The van der Waals surface area contributed by atoms with Gasteiger partial charge in [0.1, 0.15) is 0 Å². The SMILES string of the molecule is COc1nc(Cl)nc(C(=O)O)c1OC. The van der Waals surface area contributed by atoms with Gasteiger partial charge < -0.3 is 14.6 Å². The topological polar surface area (TPSA) is 81.5 Å². The van der Waals surface area contributed by atoms with Crippen LogP contribution in [0.5, 0.6) is 11.6 Å². The maximum Gasteiger partial charge on any atom is 0.358 e. The molecule has 0 spiro atoms. The number of rotatable bonds is 3. The molecule has 0 saturated carbocycles. The molecule has 0 atom stereocenters. The number of carboxylic acid groups (broad SMARTS) is 1. The number of carboxylic acids is 1. The summed E-state index contributed by atoms with van der Waals surface area (Å²) < 4.78 is 9.58. The fraction of sp³-hybridized carbons (Fsp3) is 0.286. The molecule has 0 aliphatic heterocycles. The molecule has 0 unspecified atom stereocenters. The Balaban J connectivity index is 3.39. The van der Waals surface area contributed by atoms with Crippen LogP contribution in [0.4, 0.5) is 0 Å². The Morgan fingerprint density at radius 3 is 2.43 bits per heavy atom. The van der Waals surface area contributed by atoms with E-state index in [1.165, 1.54) is 14.2 Å². The number of nitrogens with zero attached hydrogens (tertiary/aromatic N) is 2. The first-order chi connectivity index (χ1) is 6.60. The molecular formula is C7H7ClN2O4. The first kappa shape index (κ1) is 10.5. The Morgan fingerprint density at radius 1 is 1.36 bits per heavy atom. The van der Waals surface area contributed by atoms with Crippen molar-refractivity contribution in [2.24, 2.45) is 0 Å². The lowest BCUT2D eigenvalue weighted by Crippen LogP contribution is -2.07. The average molecular weight is 219 g/mol. The van der Waals surface area contributed by atoms with Gasteiger partial charge in [-0.3, -0.25) is 0 Å². The summed E-state index contributed by atoms with van der Waals surface area (Å²) in [5.41, 5.74) is -0.329. The Labute approximate surface area is 84.5 Å². The van der Waals surface area contributed by atoms with Crippen LogP contribution in [0.3, 0.4) is 0 Å². The third kappa shape index (κ3) is 1.85. The Bertz CT molecular complexity index is 369. The summed E-state index contributed by atoms with van der Waals surface area (Å²) in [6.45, 7) is 0. The maximum absolute atomic E-state index is 10.7. The smallest absolute Gasteiger partial charge is 0.358 e. The van der Waals surface area contributed by atoms with Gasteiger partial charge in [0.25, 0.3) is 5.88 Å². The molecule has 1 aromatic heterocycles. The zero-order chi connectivity index (χ0) is 10.7. The van der Waals surface area contributed by atoms with Crippen molar-refractivity contribution in [2.45, 2.75) is 0 Å². The van der Waals surface area contributed by atoms with E-state index < -0.39 is 5.97 Å². The van der Waals surface area contributed by atoms with Gasteiger partial charge in [0.05, 0.1) is 14.2 Å². The molecule has 0 aromatic carbocycles. The normalized spacial score (nSPS) is 9.64. The first-order valence-electron chi connectivity index (χ1n) is 3.49. The van der Waals surface area contributed by atoms with Gasteiger partial charge in [0.2, 0.25) is 11.0 Å². The molecule has 0 saturated heterocycles. The molecule has 1 aromatic rings. The van der Waals surface area contributed by atoms with Crippen molar-refractivity contribution in [1.82, 2.24) is 9.97 Å². The van der Waals surface area contributed by atoms with Crippen molar-refractivity contribution in [3.8, 4) is 11.6 Å². The van der Waals surface area contributed by atoms with Gasteiger partial charge in [-0.05, 0) is 11.6 Å². The molecule has 0 aliphatic rings. The molecule has 0 amide bonds. The molecule has 0 fully saturated rings. The lowest BCUT2D eigenvalue weighted by atomic mass is 10.3. The third-order valence-electron chi connectivity index (χ3n) is 1.41. The van der Waals surface area contributed by atoms with Gasteiger partial charge in [0, 0.05) is 0 Å². The minimum atomic E-state index is -1.26. The van der Waals surface area contributed by atoms with Crippen molar-refractivity contribution in [3.63, 3.8) is 0 Å². The summed E-state index contributed by atoms with van der Waals surface area (Å²) >= 11 is 5.48. The monoisotopic (exact) mass is 218 g/mol. The third-order valence-corrected chi connectivity index (χ3v) is 1.58. The molecule has 0 radical (unpaired) electrons. The quantitative estimate of drug-likeness (QED) is 0.758. The Hall–Kier alpha value is -1.56. The summed E-state index contributed by atoms with van der Waals surface area (Å²) in [6.07, 6.45) is 0. The minimum Gasteiger partial charge on any atom is -0.489 e. The molecule has 1 N–H and O–H groups in total. The summed E-state index contributed by atoms with van der Waals surface area (Å²) in [6, 6.07) is 0. The Kier molecular flexibility index (Phi) is 3.08. The van der Waals surface area contributed by atoms with Crippen molar-refractivity contribution in [3.05, 3.63) is 11.0 Å². The number of ether oxygens (including phenoxy) is 2. The van der Waals surface area contributed by atoms with E-state index in [0.29, 0.717) is 0 Å². The van der Waals surface area contributed by atoms with Crippen molar-refractivity contribution < 1.29 is 19.4 Å². The molecule has 6 nitrogen and oxygen atoms in total. The second-order valence-corrected chi connectivity index (χ2v) is 2.53. The maximum atomic E-state index is 10.7. The average Bonchev–Trinajstić information content (AvgIpc) is 2.16. The van der Waals surface area contributed by atoms with Gasteiger partial charge in [0.15, 0.2) is 5.69 Å². The van der Waals surface area contributed by atoms with Gasteiger partial charge in [-0.15, -0.1) is 0 Å². The predicted molar refractivity (Wildman–Crippen MR) is 47.1 cm³/mol. The van der Waals surface area contributed by atoms with Crippen LogP contribution >= 0.6 is 11.6 Å². The van der Waals surface area contributed by atoms with Gasteiger partial charge in [-0.25, -0.2) is 9.78 Å². The molecular weight excluding hydrogens is 212 g/mol. The highest BCUT2D eigenvalue weighted by Crippen LogP contribution is 2.28. The van der Waals surface area contributed by atoms with E-state index in [1.54, 1.807) is 0 Å².